The van der Waals surface area contributed by atoms with Gasteiger partial charge in [0.2, 0.25) is 0 Å². The van der Waals surface area contributed by atoms with Crippen LogP contribution in [0.3, 0.4) is 0 Å². The smallest absolute Gasteiger partial charge is 0.338 e. The van der Waals surface area contributed by atoms with Crippen LogP contribution in [0.1, 0.15) is 48.0 Å². The number of fused-ring (bicyclic) bond motifs is 1. The molecular formula is C36H33N3O3S. The predicted molar refractivity (Wildman–Crippen MR) is 172 cm³/mol. The molecule has 3 heterocycles. The zero-order chi connectivity index (χ0) is 30.2. The predicted octanol–water partition coefficient (Wildman–Crippen LogP) is 6.18. The third-order valence-corrected chi connectivity index (χ3v) is 8.88. The van der Waals surface area contributed by atoms with Crippen LogP contribution in [0, 0.1) is 20.8 Å². The van der Waals surface area contributed by atoms with Crippen molar-refractivity contribution in [3.63, 3.8) is 0 Å². The van der Waals surface area contributed by atoms with Crippen LogP contribution >= 0.6 is 11.3 Å². The molecule has 0 aliphatic carbocycles. The molecule has 0 fully saturated rings. The van der Waals surface area contributed by atoms with Crippen LogP contribution in [0.25, 0.3) is 22.9 Å². The van der Waals surface area contributed by atoms with Gasteiger partial charge in [-0.1, -0.05) is 83.6 Å². The number of esters is 1. The fraction of sp³-hybridized carbons (Fsp3) is 0.194. The van der Waals surface area contributed by atoms with Crippen molar-refractivity contribution < 1.29 is 9.53 Å². The van der Waals surface area contributed by atoms with E-state index in [1.807, 2.05) is 55.5 Å². The lowest BCUT2D eigenvalue weighted by Crippen LogP contribution is -2.39. The number of aryl methyl sites for hydroxylation is 2. The number of rotatable bonds is 6. The zero-order valence-corrected chi connectivity index (χ0v) is 25.7. The van der Waals surface area contributed by atoms with E-state index in [9.17, 15) is 9.59 Å². The minimum atomic E-state index is -0.617. The maximum atomic E-state index is 14.0. The highest BCUT2D eigenvalue weighted by Gasteiger charge is 2.33. The number of hydrogen-bond acceptors (Lipinski definition) is 5. The minimum Gasteiger partial charge on any atom is -0.463 e. The highest BCUT2D eigenvalue weighted by Crippen LogP contribution is 2.31. The number of carbonyl (C=O) groups is 1. The lowest BCUT2D eigenvalue weighted by molar-refractivity contribution is -0.139. The van der Waals surface area contributed by atoms with E-state index in [1.165, 1.54) is 16.9 Å². The molecule has 0 amide bonds. The molecule has 0 saturated carbocycles. The Balaban J connectivity index is 1.44. The third kappa shape index (κ3) is 5.21. The molecule has 3 aromatic carbocycles. The molecule has 1 aliphatic heterocycles. The second kappa shape index (κ2) is 11.5. The molecular weight excluding hydrogens is 554 g/mol. The minimum absolute atomic E-state index is 0.180. The quantitative estimate of drug-likeness (QED) is 0.223. The molecule has 6 nitrogen and oxygen atoms in total. The maximum absolute atomic E-state index is 14.0. The first-order valence-corrected chi connectivity index (χ1v) is 15.2. The van der Waals surface area contributed by atoms with Crippen molar-refractivity contribution in [2.75, 3.05) is 6.61 Å². The van der Waals surface area contributed by atoms with Crippen molar-refractivity contribution in [1.29, 1.82) is 0 Å². The van der Waals surface area contributed by atoms with E-state index in [4.69, 9.17) is 9.73 Å². The van der Waals surface area contributed by atoms with Gasteiger partial charge in [-0.3, -0.25) is 9.36 Å². The van der Waals surface area contributed by atoms with Gasteiger partial charge in [-0.05, 0) is 81.1 Å². The van der Waals surface area contributed by atoms with Crippen molar-refractivity contribution >= 4 is 23.4 Å². The molecule has 6 rings (SSSR count). The molecule has 7 heteroatoms. The van der Waals surface area contributed by atoms with Gasteiger partial charge in [0.05, 0.1) is 28.5 Å². The summed E-state index contributed by atoms with van der Waals surface area (Å²) in [5.74, 6) is -0.453. The second-order valence-corrected chi connectivity index (χ2v) is 11.8. The average Bonchev–Trinajstić information content (AvgIpc) is 3.46. The average molecular weight is 588 g/mol. The van der Waals surface area contributed by atoms with Crippen LogP contribution < -0.4 is 14.9 Å². The van der Waals surface area contributed by atoms with E-state index in [2.05, 4.69) is 60.9 Å². The van der Waals surface area contributed by atoms with E-state index in [-0.39, 0.29) is 12.2 Å². The Morgan fingerprint density at radius 2 is 1.60 bits per heavy atom. The molecule has 43 heavy (non-hydrogen) atoms. The van der Waals surface area contributed by atoms with Gasteiger partial charge >= 0.3 is 5.97 Å². The summed E-state index contributed by atoms with van der Waals surface area (Å²) in [6.45, 7) is 9.98. The topological polar surface area (TPSA) is 65.6 Å². The molecule has 5 aromatic rings. The molecule has 0 spiro atoms. The van der Waals surface area contributed by atoms with E-state index < -0.39 is 12.0 Å². The number of nitrogens with zero attached hydrogens (tertiary/aromatic N) is 3. The number of carbonyl (C=O) groups excluding carboxylic acids is 1. The van der Waals surface area contributed by atoms with Crippen LogP contribution in [0.5, 0.6) is 0 Å². The molecule has 0 radical (unpaired) electrons. The molecule has 1 atom stereocenters. The van der Waals surface area contributed by atoms with Gasteiger partial charge in [-0.2, -0.15) is 0 Å². The largest absolute Gasteiger partial charge is 0.463 e. The van der Waals surface area contributed by atoms with E-state index >= 15 is 0 Å². The first-order chi connectivity index (χ1) is 20.8. The van der Waals surface area contributed by atoms with Gasteiger partial charge in [0.15, 0.2) is 4.80 Å². The van der Waals surface area contributed by atoms with Crippen LogP contribution in [-0.4, -0.2) is 21.7 Å². The summed E-state index contributed by atoms with van der Waals surface area (Å²) in [5.41, 5.74) is 9.18. The van der Waals surface area contributed by atoms with E-state index in [1.54, 1.807) is 18.4 Å². The molecule has 0 saturated heterocycles. The fourth-order valence-corrected chi connectivity index (χ4v) is 6.80. The number of allylic oxidation sites excluding steroid dienone is 1. The van der Waals surface area contributed by atoms with Crippen LogP contribution in [-0.2, 0) is 9.53 Å². The zero-order valence-electron chi connectivity index (χ0n) is 24.9. The van der Waals surface area contributed by atoms with Crippen LogP contribution in [0.4, 0.5) is 0 Å². The van der Waals surface area contributed by atoms with Crippen molar-refractivity contribution in [2.45, 2.75) is 40.7 Å². The Morgan fingerprint density at radius 3 is 2.28 bits per heavy atom. The van der Waals surface area contributed by atoms with Gasteiger partial charge in [0, 0.05) is 17.1 Å². The highest BCUT2D eigenvalue weighted by atomic mass is 32.1. The number of ether oxygens (including phenoxy) is 1. The number of hydrogen-bond donors (Lipinski definition) is 0. The normalized spacial score (nSPS) is 14.9. The Labute approximate surface area is 254 Å². The summed E-state index contributed by atoms with van der Waals surface area (Å²) in [6, 6.07) is 28.2. The number of aromatic nitrogens is 2. The van der Waals surface area contributed by atoms with Crippen molar-refractivity contribution in [3.8, 4) is 16.8 Å². The molecule has 1 unspecified atom stereocenters. The van der Waals surface area contributed by atoms with Gasteiger partial charge in [0.1, 0.15) is 0 Å². The lowest BCUT2D eigenvalue weighted by atomic mass is 9.95. The SMILES string of the molecule is CCOC(=O)C1=C(C)N=c2s/c(=C\c3cc(C)n(-c4ccc(-c5ccccc5)cc4)c3C)c(=O)n2C1c1ccc(C)cc1. The third-order valence-electron chi connectivity index (χ3n) is 7.90. The van der Waals surface area contributed by atoms with Gasteiger partial charge < -0.3 is 9.30 Å². The number of thiazole rings is 1. The molecule has 0 bridgehead atoms. The maximum Gasteiger partial charge on any atom is 0.338 e. The molecule has 216 valence electrons. The lowest BCUT2D eigenvalue weighted by Gasteiger charge is -2.24. The van der Waals surface area contributed by atoms with E-state index in [0.717, 1.165) is 39.3 Å². The second-order valence-electron chi connectivity index (χ2n) is 10.8. The summed E-state index contributed by atoms with van der Waals surface area (Å²) in [5, 5.41) is 0. The summed E-state index contributed by atoms with van der Waals surface area (Å²) < 4.78 is 9.82. The van der Waals surface area contributed by atoms with Crippen molar-refractivity contribution in [3.05, 3.63) is 144 Å². The summed E-state index contributed by atoms with van der Waals surface area (Å²) >= 11 is 1.34. The molecule has 1 aliphatic rings. The molecule has 0 N–H and O–H groups in total. The monoisotopic (exact) mass is 587 g/mol. The summed E-state index contributed by atoms with van der Waals surface area (Å²) in [6.07, 6.45) is 1.94. The van der Waals surface area contributed by atoms with Crippen molar-refractivity contribution in [1.82, 2.24) is 9.13 Å². The van der Waals surface area contributed by atoms with Gasteiger partial charge in [0.25, 0.3) is 5.56 Å². The first kappa shape index (κ1) is 28.4. The summed E-state index contributed by atoms with van der Waals surface area (Å²) in [7, 11) is 0. The molecule has 2 aromatic heterocycles. The Kier molecular flexibility index (Phi) is 7.59. The summed E-state index contributed by atoms with van der Waals surface area (Å²) in [4.78, 5) is 32.5. The standard InChI is InChI=1S/C36H33N3O3S/c1-6-42-35(41)32-24(4)37-36-39(33(32)28-14-12-22(2)13-15-28)34(40)31(43-36)21-29-20-23(3)38(25(29)5)30-18-16-27(17-19-30)26-10-8-7-9-11-26/h7-21,33H,6H2,1-5H3/b31-21-. The van der Waals surface area contributed by atoms with Crippen LogP contribution in [0.2, 0.25) is 0 Å². The first-order valence-electron chi connectivity index (χ1n) is 14.4. The Hall–Kier alpha value is -4.75. The number of benzene rings is 3. The fourth-order valence-electron chi connectivity index (χ4n) is 5.76. The highest BCUT2D eigenvalue weighted by molar-refractivity contribution is 7.07. The van der Waals surface area contributed by atoms with Gasteiger partial charge in [-0.25, -0.2) is 9.79 Å². The Bertz CT molecular complexity index is 2050. The van der Waals surface area contributed by atoms with Crippen LogP contribution in [0.15, 0.2) is 106 Å². The Morgan fingerprint density at radius 1 is 0.930 bits per heavy atom. The van der Waals surface area contributed by atoms with Gasteiger partial charge in [-0.15, -0.1) is 0 Å². The van der Waals surface area contributed by atoms with Crippen molar-refractivity contribution in [2.24, 2.45) is 4.99 Å². The van der Waals surface area contributed by atoms with E-state index in [0.29, 0.717) is 20.6 Å².